The molecule has 1 saturated heterocycles. The topological polar surface area (TPSA) is 52.7 Å². The third-order valence-corrected chi connectivity index (χ3v) is 6.76. The van der Waals surface area contributed by atoms with Crippen LogP contribution in [0, 0.1) is 3.57 Å². The highest BCUT2D eigenvalue weighted by Gasteiger charge is 2.24. The van der Waals surface area contributed by atoms with Crippen molar-refractivity contribution in [1.29, 1.82) is 0 Å². The lowest BCUT2D eigenvalue weighted by Crippen LogP contribution is -2.48. The van der Waals surface area contributed by atoms with E-state index in [0.717, 1.165) is 14.1 Å². The van der Waals surface area contributed by atoms with Crippen LogP contribution in [0.5, 0.6) is 0 Å². The summed E-state index contributed by atoms with van der Waals surface area (Å²) in [5.74, 6) is -0.0811. The average Bonchev–Trinajstić information content (AvgIpc) is 3.28. The van der Waals surface area contributed by atoms with Gasteiger partial charge in [-0.1, -0.05) is 23.7 Å². The number of piperazine rings is 1. The van der Waals surface area contributed by atoms with E-state index < -0.39 is 0 Å². The van der Waals surface area contributed by atoms with Gasteiger partial charge in [-0.3, -0.25) is 9.59 Å². The van der Waals surface area contributed by atoms with Crippen LogP contribution >= 0.6 is 45.5 Å². The van der Waals surface area contributed by atoms with Crippen molar-refractivity contribution in [3.05, 3.63) is 79.0 Å². The maximum absolute atomic E-state index is 12.5. The van der Waals surface area contributed by atoms with Gasteiger partial charge in [0.15, 0.2) is 0 Å². The average molecular weight is 552 g/mol. The predicted molar refractivity (Wildman–Crippen MR) is 131 cm³/mol. The minimum Gasteiger partial charge on any atom is -0.367 e. The van der Waals surface area contributed by atoms with Crippen LogP contribution in [0.4, 0.5) is 11.4 Å². The van der Waals surface area contributed by atoms with Gasteiger partial charge in [-0.15, -0.1) is 11.3 Å². The van der Waals surface area contributed by atoms with Crippen molar-refractivity contribution in [2.45, 2.75) is 0 Å². The van der Waals surface area contributed by atoms with Crippen LogP contribution in [0.2, 0.25) is 5.02 Å². The molecule has 2 heterocycles. The Labute approximate surface area is 197 Å². The van der Waals surface area contributed by atoms with Crippen molar-refractivity contribution in [3.8, 4) is 0 Å². The quantitative estimate of drug-likeness (QED) is 0.453. The summed E-state index contributed by atoms with van der Waals surface area (Å²) in [4.78, 5) is 29.8. The first-order valence-corrected chi connectivity index (χ1v) is 11.8. The fraction of sp³-hybridized carbons (Fsp3) is 0.182. The molecule has 8 heteroatoms. The zero-order valence-electron chi connectivity index (χ0n) is 16.0. The molecule has 0 unspecified atom stereocenters. The van der Waals surface area contributed by atoms with Gasteiger partial charge in [0.25, 0.3) is 11.8 Å². The van der Waals surface area contributed by atoms with E-state index >= 15 is 0 Å². The van der Waals surface area contributed by atoms with Crippen LogP contribution in [-0.4, -0.2) is 42.9 Å². The summed E-state index contributed by atoms with van der Waals surface area (Å²) < 4.78 is 1.00. The minimum atomic E-state index is -0.168. The summed E-state index contributed by atoms with van der Waals surface area (Å²) in [5.41, 5.74) is 2.17. The molecular formula is C22H19ClIN3O2S. The molecule has 0 radical (unpaired) electrons. The molecule has 1 aromatic heterocycles. The van der Waals surface area contributed by atoms with Gasteiger partial charge in [-0.2, -0.15) is 0 Å². The number of halogens is 2. The molecule has 1 N–H and O–H groups in total. The number of carbonyl (C=O) groups excluding carboxylic acids is 2. The number of hydrogen-bond donors (Lipinski definition) is 1. The van der Waals surface area contributed by atoms with Gasteiger partial charge in [0, 0.05) is 41.0 Å². The maximum Gasteiger partial charge on any atom is 0.264 e. The molecule has 5 nitrogen and oxygen atoms in total. The van der Waals surface area contributed by atoms with Gasteiger partial charge in [0.2, 0.25) is 0 Å². The van der Waals surface area contributed by atoms with Crippen LogP contribution in [-0.2, 0) is 0 Å². The van der Waals surface area contributed by atoms with Crippen LogP contribution in [0.25, 0.3) is 0 Å². The van der Waals surface area contributed by atoms with Crippen LogP contribution < -0.4 is 10.2 Å². The lowest BCUT2D eigenvalue weighted by Gasteiger charge is -2.36. The summed E-state index contributed by atoms with van der Waals surface area (Å²) in [6.45, 7) is 2.73. The second-order valence-electron chi connectivity index (χ2n) is 6.89. The Morgan fingerprint density at radius 1 is 1.00 bits per heavy atom. The summed E-state index contributed by atoms with van der Waals surface area (Å²) in [6, 6.07) is 16.7. The second kappa shape index (κ2) is 9.36. The summed E-state index contributed by atoms with van der Waals surface area (Å²) in [7, 11) is 0. The SMILES string of the molecule is O=C(Nc1ccc(N2CCN(C(=O)c3cccs3)CC2)c(Cl)c1)c1cccc(I)c1. The molecule has 0 atom stereocenters. The van der Waals surface area contributed by atoms with Crippen LogP contribution in [0.3, 0.4) is 0 Å². The van der Waals surface area contributed by atoms with E-state index in [1.54, 1.807) is 12.1 Å². The molecule has 1 aliphatic heterocycles. The lowest BCUT2D eigenvalue weighted by molar-refractivity contribution is 0.0751. The van der Waals surface area contributed by atoms with E-state index in [-0.39, 0.29) is 11.8 Å². The van der Waals surface area contributed by atoms with Crippen molar-refractivity contribution < 1.29 is 9.59 Å². The smallest absolute Gasteiger partial charge is 0.264 e. The largest absolute Gasteiger partial charge is 0.367 e. The molecule has 1 fully saturated rings. The lowest BCUT2D eigenvalue weighted by atomic mass is 10.2. The van der Waals surface area contributed by atoms with Crippen molar-refractivity contribution in [1.82, 2.24) is 4.90 Å². The molecule has 0 saturated carbocycles. The summed E-state index contributed by atoms with van der Waals surface area (Å²) in [5, 5.41) is 5.39. The number of nitrogens with zero attached hydrogens (tertiary/aromatic N) is 2. The first-order chi connectivity index (χ1) is 14.5. The number of anilines is 2. The van der Waals surface area contributed by atoms with Gasteiger partial charge in [-0.05, 0) is 70.4 Å². The van der Waals surface area contributed by atoms with Crippen LogP contribution in [0.1, 0.15) is 20.0 Å². The number of nitrogens with one attached hydrogen (secondary N) is 1. The van der Waals surface area contributed by atoms with Gasteiger partial charge >= 0.3 is 0 Å². The standard InChI is InChI=1S/C22H19ClIN3O2S/c23-18-14-17(25-21(28)15-3-1-4-16(24)13-15)6-7-19(18)26-8-10-27(11-9-26)22(29)20-5-2-12-30-20/h1-7,12-14H,8-11H2,(H,25,28). The predicted octanol–water partition coefficient (Wildman–Crippen LogP) is 5.22. The molecule has 4 rings (SSSR count). The fourth-order valence-corrected chi connectivity index (χ4v) is 4.91. The zero-order chi connectivity index (χ0) is 21.1. The first kappa shape index (κ1) is 21.1. The van der Waals surface area contributed by atoms with Crippen molar-refractivity contribution in [2.24, 2.45) is 0 Å². The Morgan fingerprint density at radius 3 is 2.47 bits per heavy atom. The van der Waals surface area contributed by atoms with Gasteiger partial charge in [0.1, 0.15) is 0 Å². The molecule has 0 bridgehead atoms. The molecule has 2 aromatic carbocycles. The number of rotatable bonds is 4. The van der Waals surface area contributed by atoms with Crippen molar-refractivity contribution in [2.75, 3.05) is 36.4 Å². The molecule has 0 spiro atoms. The van der Waals surface area contributed by atoms with Crippen molar-refractivity contribution >= 4 is 68.7 Å². The Bertz CT molecular complexity index is 1070. The maximum atomic E-state index is 12.5. The fourth-order valence-electron chi connectivity index (χ4n) is 3.38. The Morgan fingerprint density at radius 2 is 1.80 bits per heavy atom. The van der Waals surface area contributed by atoms with E-state index in [1.165, 1.54) is 11.3 Å². The van der Waals surface area contributed by atoms with Gasteiger partial charge in [-0.25, -0.2) is 0 Å². The molecule has 30 heavy (non-hydrogen) atoms. The van der Waals surface area contributed by atoms with E-state index in [4.69, 9.17) is 11.6 Å². The molecule has 0 aliphatic carbocycles. The zero-order valence-corrected chi connectivity index (χ0v) is 19.7. The van der Waals surface area contributed by atoms with Gasteiger partial charge < -0.3 is 15.1 Å². The monoisotopic (exact) mass is 551 g/mol. The number of thiophene rings is 1. The third-order valence-electron chi connectivity index (χ3n) is 4.93. The van der Waals surface area contributed by atoms with E-state index in [1.807, 2.05) is 52.7 Å². The molecule has 3 aromatic rings. The Balaban J connectivity index is 1.39. The number of carbonyl (C=O) groups is 2. The molecule has 154 valence electrons. The van der Waals surface area contributed by atoms with Crippen molar-refractivity contribution in [3.63, 3.8) is 0 Å². The van der Waals surface area contributed by atoms with E-state index in [2.05, 4.69) is 32.8 Å². The number of benzene rings is 2. The Kier molecular flexibility index (Phi) is 6.60. The van der Waals surface area contributed by atoms with Gasteiger partial charge in [0.05, 0.1) is 15.6 Å². The first-order valence-electron chi connectivity index (χ1n) is 9.45. The van der Waals surface area contributed by atoms with Crippen LogP contribution in [0.15, 0.2) is 60.0 Å². The molecule has 2 amide bonds. The Hall–Kier alpha value is -2.10. The highest BCUT2D eigenvalue weighted by atomic mass is 127. The second-order valence-corrected chi connectivity index (χ2v) is 9.49. The normalized spacial score (nSPS) is 13.9. The minimum absolute atomic E-state index is 0.0874. The van der Waals surface area contributed by atoms with E-state index in [9.17, 15) is 9.59 Å². The van der Waals surface area contributed by atoms with E-state index in [0.29, 0.717) is 42.5 Å². The highest BCUT2D eigenvalue weighted by Crippen LogP contribution is 2.30. The summed E-state index contributed by atoms with van der Waals surface area (Å²) in [6.07, 6.45) is 0. The highest BCUT2D eigenvalue weighted by molar-refractivity contribution is 14.1. The number of amides is 2. The molecular weight excluding hydrogens is 533 g/mol. The summed E-state index contributed by atoms with van der Waals surface area (Å²) >= 11 is 10.2. The third kappa shape index (κ3) is 4.79. The number of hydrogen-bond acceptors (Lipinski definition) is 4. The molecule has 1 aliphatic rings.